The van der Waals surface area contributed by atoms with Crippen molar-refractivity contribution >= 4 is 22.9 Å². The Labute approximate surface area is 160 Å². The van der Waals surface area contributed by atoms with Crippen molar-refractivity contribution in [2.24, 2.45) is 0 Å². The topological polar surface area (TPSA) is 59.8 Å². The van der Waals surface area contributed by atoms with Gasteiger partial charge in [-0.15, -0.1) is 11.3 Å². The molecule has 1 amide bonds. The van der Waals surface area contributed by atoms with Gasteiger partial charge in [0.1, 0.15) is 0 Å². The van der Waals surface area contributed by atoms with Crippen LogP contribution in [-0.4, -0.2) is 20.7 Å². The number of nitrogens with one attached hydrogen (secondary N) is 1. The molecule has 0 spiro atoms. The summed E-state index contributed by atoms with van der Waals surface area (Å²) >= 11 is 1.55. The quantitative estimate of drug-likeness (QED) is 0.582. The normalized spacial score (nSPS) is 12.3. The van der Waals surface area contributed by atoms with E-state index < -0.39 is 0 Å². The van der Waals surface area contributed by atoms with Gasteiger partial charge >= 0.3 is 0 Å². The van der Waals surface area contributed by atoms with Crippen LogP contribution in [0.15, 0.2) is 67.1 Å². The number of fused-ring (bicyclic) bond motifs is 3. The monoisotopic (exact) mass is 372 g/mol. The third-order valence-electron chi connectivity index (χ3n) is 4.71. The summed E-state index contributed by atoms with van der Waals surface area (Å²) in [5.41, 5.74) is 4.49. The highest BCUT2D eigenvalue weighted by Gasteiger charge is 2.22. The molecule has 0 bridgehead atoms. The summed E-state index contributed by atoms with van der Waals surface area (Å²) in [5, 5.41) is 7.21. The molecule has 0 unspecified atom stereocenters. The van der Waals surface area contributed by atoms with Crippen LogP contribution in [0.1, 0.15) is 20.8 Å². The van der Waals surface area contributed by atoms with Crippen LogP contribution in [0.25, 0.3) is 16.3 Å². The number of aryl methyl sites for hydroxylation is 2. The van der Waals surface area contributed by atoms with E-state index in [0.717, 1.165) is 12.8 Å². The van der Waals surface area contributed by atoms with Gasteiger partial charge in [0.25, 0.3) is 5.91 Å². The molecule has 5 nitrogen and oxygen atoms in total. The number of rotatable bonds is 3. The largest absolute Gasteiger partial charge is 0.318 e. The van der Waals surface area contributed by atoms with E-state index in [9.17, 15) is 4.79 Å². The Bertz CT molecular complexity index is 1130. The smallest absolute Gasteiger partial charge is 0.265 e. The summed E-state index contributed by atoms with van der Waals surface area (Å²) < 4.78 is 1.64. The lowest BCUT2D eigenvalue weighted by Crippen LogP contribution is -2.13. The fourth-order valence-corrected chi connectivity index (χ4v) is 4.60. The van der Waals surface area contributed by atoms with Crippen LogP contribution in [0.3, 0.4) is 0 Å². The number of hydrogen-bond acceptors (Lipinski definition) is 4. The van der Waals surface area contributed by atoms with Gasteiger partial charge in [0.05, 0.1) is 10.6 Å². The SMILES string of the molecule is O=C(Nc1cccnc1-n1cccn1)c1cc2c(s1)-c1ccccc1CC2. The zero-order valence-corrected chi connectivity index (χ0v) is 15.2. The molecule has 1 N–H and O–H groups in total. The third kappa shape index (κ3) is 2.84. The highest BCUT2D eigenvalue weighted by molar-refractivity contribution is 7.17. The molecule has 0 fully saturated rings. The lowest BCUT2D eigenvalue weighted by Gasteiger charge is -2.15. The summed E-state index contributed by atoms with van der Waals surface area (Å²) in [4.78, 5) is 19.2. The van der Waals surface area contributed by atoms with Crippen molar-refractivity contribution in [1.29, 1.82) is 0 Å². The Morgan fingerprint density at radius 2 is 1.93 bits per heavy atom. The van der Waals surface area contributed by atoms with Crippen molar-refractivity contribution in [3.8, 4) is 16.3 Å². The standard InChI is InChI=1S/C21H16N4OS/c26-21(24-17-7-3-10-22-20(17)25-12-4-11-23-25)18-13-15-9-8-14-5-1-2-6-16(14)19(15)27-18/h1-7,10-13H,8-9H2,(H,24,26). The summed E-state index contributed by atoms with van der Waals surface area (Å²) in [6, 6.07) is 15.9. The van der Waals surface area contributed by atoms with Gasteiger partial charge in [-0.1, -0.05) is 24.3 Å². The first-order valence-corrected chi connectivity index (χ1v) is 9.58. The van der Waals surface area contributed by atoms with Gasteiger partial charge in [0.15, 0.2) is 5.82 Å². The van der Waals surface area contributed by atoms with E-state index in [2.05, 4.69) is 39.7 Å². The predicted molar refractivity (Wildman–Crippen MR) is 106 cm³/mol. The second kappa shape index (κ2) is 6.48. The van der Waals surface area contributed by atoms with Crippen LogP contribution < -0.4 is 5.32 Å². The predicted octanol–water partition coefficient (Wildman–Crippen LogP) is 4.35. The van der Waals surface area contributed by atoms with Crippen LogP contribution in [0.2, 0.25) is 0 Å². The van der Waals surface area contributed by atoms with E-state index in [1.54, 1.807) is 40.7 Å². The highest BCUT2D eigenvalue weighted by Crippen LogP contribution is 2.39. The van der Waals surface area contributed by atoms with Gasteiger partial charge in [0, 0.05) is 23.5 Å². The van der Waals surface area contributed by atoms with Crippen LogP contribution in [0.5, 0.6) is 0 Å². The van der Waals surface area contributed by atoms with E-state index in [-0.39, 0.29) is 5.91 Å². The van der Waals surface area contributed by atoms with Gasteiger partial charge < -0.3 is 5.32 Å². The number of thiophene rings is 1. The van der Waals surface area contributed by atoms with E-state index in [1.165, 1.54) is 21.6 Å². The van der Waals surface area contributed by atoms with Crippen molar-refractivity contribution in [3.05, 3.63) is 83.1 Å². The molecule has 1 aromatic carbocycles. The average molecular weight is 372 g/mol. The Morgan fingerprint density at radius 1 is 1.04 bits per heavy atom. The maximum absolute atomic E-state index is 12.9. The van der Waals surface area contributed by atoms with E-state index in [1.807, 2.05) is 18.2 Å². The molecule has 0 saturated carbocycles. The van der Waals surface area contributed by atoms with Crippen molar-refractivity contribution in [1.82, 2.24) is 14.8 Å². The molecule has 5 rings (SSSR count). The zero-order valence-electron chi connectivity index (χ0n) is 14.4. The number of nitrogens with zero attached hydrogens (tertiary/aromatic N) is 3. The van der Waals surface area contributed by atoms with Crippen LogP contribution in [-0.2, 0) is 12.8 Å². The van der Waals surface area contributed by atoms with Crippen LogP contribution in [0.4, 0.5) is 5.69 Å². The molecule has 27 heavy (non-hydrogen) atoms. The first-order valence-electron chi connectivity index (χ1n) is 8.77. The number of carbonyl (C=O) groups is 1. The molecule has 0 atom stereocenters. The van der Waals surface area contributed by atoms with E-state index in [4.69, 9.17) is 0 Å². The molecule has 3 aromatic heterocycles. The van der Waals surface area contributed by atoms with Crippen LogP contribution >= 0.6 is 11.3 Å². The van der Waals surface area contributed by atoms with Crippen molar-refractivity contribution < 1.29 is 4.79 Å². The lowest BCUT2D eigenvalue weighted by atomic mass is 9.91. The number of anilines is 1. The highest BCUT2D eigenvalue weighted by atomic mass is 32.1. The molecule has 132 valence electrons. The number of pyridine rings is 1. The molecular formula is C21H16N4OS. The number of benzene rings is 1. The Morgan fingerprint density at radius 3 is 2.81 bits per heavy atom. The van der Waals surface area contributed by atoms with Gasteiger partial charge in [-0.2, -0.15) is 5.10 Å². The molecule has 3 heterocycles. The van der Waals surface area contributed by atoms with Gasteiger partial charge in [0.2, 0.25) is 0 Å². The van der Waals surface area contributed by atoms with E-state index in [0.29, 0.717) is 16.4 Å². The molecule has 1 aliphatic carbocycles. The lowest BCUT2D eigenvalue weighted by molar-refractivity contribution is 0.103. The summed E-state index contributed by atoms with van der Waals surface area (Å²) in [5.74, 6) is 0.482. The third-order valence-corrected chi connectivity index (χ3v) is 5.92. The molecule has 0 radical (unpaired) electrons. The maximum Gasteiger partial charge on any atom is 0.265 e. The molecule has 0 aliphatic heterocycles. The molecule has 1 aliphatic rings. The zero-order chi connectivity index (χ0) is 18.2. The summed E-state index contributed by atoms with van der Waals surface area (Å²) in [6.45, 7) is 0. The summed E-state index contributed by atoms with van der Waals surface area (Å²) in [6.07, 6.45) is 7.17. The molecule has 4 aromatic rings. The van der Waals surface area contributed by atoms with Gasteiger partial charge in [-0.3, -0.25) is 4.79 Å². The minimum absolute atomic E-state index is 0.117. The molecule has 6 heteroatoms. The van der Waals surface area contributed by atoms with Crippen molar-refractivity contribution in [2.45, 2.75) is 12.8 Å². The van der Waals surface area contributed by atoms with Crippen molar-refractivity contribution in [2.75, 3.05) is 5.32 Å². The van der Waals surface area contributed by atoms with Gasteiger partial charge in [-0.25, -0.2) is 9.67 Å². The van der Waals surface area contributed by atoms with E-state index >= 15 is 0 Å². The number of hydrogen-bond donors (Lipinski definition) is 1. The average Bonchev–Trinajstić information content (AvgIpc) is 3.38. The first-order chi connectivity index (χ1) is 13.3. The Balaban J connectivity index is 1.47. The second-order valence-electron chi connectivity index (χ2n) is 6.40. The number of amides is 1. The minimum atomic E-state index is -0.117. The Kier molecular flexibility index (Phi) is 3.83. The maximum atomic E-state index is 12.9. The minimum Gasteiger partial charge on any atom is -0.318 e. The number of aromatic nitrogens is 3. The Hall–Kier alpha value is -3.25. The molecule has 0 saturated heterocycles. The van der Waals surface area contributed by atoms with Crippen molar-refractivity contribution in [3.63, 3.8) is 0 Å². The van der Waals surface area contributed by atoms with Crippen LogP contribution in [0, 0.1) is 0 Å². The fraction of sp³-hybridized carbons (Fsp3) is 0.0952. The van der Waals surface area contributed by atoms with Gasteiger partial charge in [-0.05, 0) is 53.8 Å². The molecular weight excluding hydrogens is 356 g/mol. The first kappa shape index (κ1) is 16.0. The fourth-order valence-electron chi connectivity index (χ4n) is 3.44. The number of carbonyl (C=O) groups excluding carboxylic acids is 1. The summed E-state index contributed by atoms with van der Waals surface area (Å²) in [7, 11) is 0. The second-order valence-corrected chi connectivity index (χ2v) is 7.45.